The second-order valence-electron chi connectivity index (χ2n) is 7.31. The summed E-state index contributed by atoms with van der Waals surface area (Å²) in [5, 5.41) is 5.17. The van der Waals surface area contributed by atoms with Gasteiger partial charge in [-0.3, -0.25) is 4.79 Å². The summed E-state index contributed by atoms with van der Waals surface area (Å²) in [5.41, 5.74) is 5.14. The van der Waals surface area contributed by atoms with Crippen LogP contribution in [0.2, 0.25) is 0 Å². The molecule has 0 spiro atoms. The van der Waals surface area contributed by atoms with Gasteiger partial charge in [-0.05, 0) is 41.6 Å². The number of rotatable bonds is 7. The van der Waals surface area contributed by atoms with E-state index in [2.05, 4.69) is 49.1 Å². The first kappa shape index (κ1) is 18.6. The Balaban J connectivity index is 1.27. The van der Waals surface area contributed by atoms with Gasteiger partial charge in [0.1, 0.15) is 5.69 Å². The number of amides is 1. The molecule has 0 unspecified atom stereocenters. The lowest BCUT2D eigenvalue weighted by Gasteiger charge is -2.11. The van der Waals surface area contributed by atoms with Gasteiger partial charge in [0, 0.05) is 19.6 Å². The molecular weight excluding hydrogens is 392 g/mol. The van der Waals surface area contributed by atoms with Gasteiger partial charge >= 0.3 is 0 Å². The average Bonchev–Trinajstić information content (AvgIpc) is 3.48. The molecule has 0 aliphatic heterocycles. The van der Waals surface area contributed by atoms with Crippen molar-refractivity contribution in [2.24, 2.45) is 0 Å². The van der Waals surface area contributed by atoms with Crippen molar-refractivity contribution >= 4 is 38.5 Å². The summed E-state index contributed by atoms with van der Waals surface area (Å²) in [4.78, 5) is 17.4. The highest BCUT2D eigenvalue weighted by Crippen LogP contribution is 2.26. The number of hydrogen-bond acceptors (Lipinski definition) is 3. The fourth-order valence-corrected chi connectivity index (χ4v) is 4.65. The number of para-hydroxylation sites is 2. The maximum absolute atomic E-state index is 13.0. The number of carbonyl (C=O) groups excluding carboxylic acids is 1. The van der Waals surface area contributed by atoms with Crippen molar-refractivity contribution in [1.82, 2.24) is 19.4 Å². The Morgan fingerprint density at radius 2 is 1.83 bits per heavy atom. The molecule has 6 heteroatoms. The van der Waals surface area contributed by atoms with E-state index >= 15 is 0 Å². The van der Waals surface area contributed by atoms with Gasteiger partial charge in [-0.2, -0.15) is 0 Å². The van der Waals surface area contributed by atoms with Crippen molar-refractivity contribution in [2.45, 2.75) is 19.5 Å². The summed E-state index contributed by atoms with van der Waals surface area (Å²) >= 11 is 1.67. The molecule has 30 heavy (non-hydrogen) atoms. The van der Waals surface area contributed by atoms with E-state index in [1.54, 1.807) is 11.3 Å². The van der Waals surface area contributed by atoms with E-state index in [1.807, 2.05) is 48.8 Å². The van der Waals surface area contributed by atoms with E-state index in [0.717, 1.165) is 34.2 Å². The Morgan fingerprint density at radius 1 is 1.00 bits per heavy atom. The van der Waals surface area contributed by atoms with Crippen LogP contribution in [0.1, 0.15) is 22.5 Å². The normalized spacial score (nSPS) is 11.3. The number of hydrogen-bond donors (Lipinski definition) is 1. The first-order chi connectivity index (χ1) is 14.8. The molecule has 1 amide bonds. The minimum atomic E-state index is -0.0233. The van der Waals surface area contributed by atoms with Crippen molar-refractivity contribution < 1.29 is 4.79 Å². The molecular formula is C24H22N4OS. The van der Waals surface area contributed by atoms with E-state index in [4.69, 9.17) is 0 Å². The molecule has 0 saturated carbocycles. The molecule has 0 atom stereocenters. The molecule has 2 aromatic carbocycles. The molecule has 0 saturated heterocycles. The van der Waals surface area contributed by atoms with Crippen molar-refractivity contribution in [2.75, 3.05) is 6.54 Å². The Morgan fingerprint density at radius 3 is 2.73 bits per heavy atom. The second-order valence-corrected chi connectivity index (χ2v) is 8.26. The quantitative estimate of drug-likeness (QED) is 0.384. The molecule has 5 aromatic rings. The number of nitrogens with one attached hydrogen (secondary N) is 1. The van der Waals surface area contributed by atoms with Crippen molar-refractivity contribution in [3.63, 3.8) is 0 Å². The van der Waals surface area contributed by atoms with Crippen molar-refractivity contribution in [3.05, 3.63) is 89.7 Å². The fraction of sp³-hybridized carbons (Fsp3) is 0.167. The van der Waals surface area contributed by atoms with E-state index in [-0.39, 0.29) is 5.91 Å². The summed E-state index contributed by atoms with van der Waals surface area (Å²) in [6, 6.07) is 22.5. The zero-order chi connectivity index (χ0) is 20.3. The molecule has 0 aliphatic rings. The molecule has 5 rings (SSSR count). The molecule has 0 bridgehead atoms. The summed E-state index contributed by atoms with van der Waals surface area (Å²) in [7, 11) is 0. The number of benzene rings is 2. The topological polar surface area (TPSA) is 51.9 Å². The zero-order valence-electron chi connectivity index (χ0n) is 16.5. The Hall–Kier alpha value is -3.38. The van der Waals surface area contributed by atoms with Crippen molar-refractivity contribution in [3.8, 4) is 0 Å². The molecule has 5 nitrogen and oxygen atoms in total. The number of aryl methyl sites for hydroxylation is 1. The summed E-state index contributed by atoms with van der Waals surface area (Å²) in [6.45, 7) is 2.13. The maximum atomic E-state index is 13.0. The molecule has 150 valence electrons. The lowest BCUT2D eigenvalue weighted by atomic mass is 10.2. The first-order valence-corrected chi connectivity index (χ1v) is 11.0. The second kappa shape index (κ2) is 8.16. The van der Waals surface area contributed by atoms with E-state index < -0.39 is 0 Å². The number of fused-ring (bicyclic) bond motifs is 2. The number of aromatic nitrogens is 3. The molecule has 3 aromatic heterocycles. The van der Waals surface area contributed by atoms with Gasteiger partial charge in [0.2, 0.25) is 0 Å². The predicted octanol–water partition coefficient (Wildman–Crippen LogP) is 4.92. The lowest BCUT2D eigenvalue weighted by molar-refractivity contribution is 0.0944. The van der Waals surface area contributed by atoms with Crippen LogP contribution in [0.5, 0.6) is 0 Å². The number of thiophene rings is 1. The standard InChI is InChI=1S/C24H22N4OS/c29-24(25-12-6-13-27-17-26-19-9-4-5-10-20(19)27)22-15-23-21(11-14-30-23)28(22)16-18-7-2-1-3-8-18/h1-5,7-11,14-15,17H,6,12-13,16H2,(H,25,29). The third kappa shape index (κ3) is 3.62. The van der Waals surface area contributed by atoms with Gasteiger partial charge in [0.15, 0.2) is 0 Å². The highest BCUT2D eigenvalue weighted by molar-refractivity contribution is 7.17. The van der Waals surface area contributed by atoms with Crippen LogP contribution in [0.4, 0.5) is 0 Å². The molecule has 1 N–H and O–H groups in total. The third-order valence-electron chi connectivity index (χ3n) is 5.33. The smallest absolute Gasteiger partial charge is 0.267 e. The Kier molecular flexibility index (Phi) is 5.07. The average molecular weight is 415 g/mol. The Labute approximate surface area is 178 Å². The SMILES string of the molecule is O=C(NCCCn1cnc2ccccc21)c1cc2sccc2n1Cc1ccccc1. The largest absolute Gasteiger partial charge is 0.351 e. The minimum Gasteiger partial charge on any atom is -0.351 e. The van der Waals surface area contributed by atoms with Gasteiger partial charge in [-0.25, -0.2) is 4.98 Å². The van der Waals surface area contributed by atoms with Gasteiger partial charge in [-0.15, -0.1) is 11.3 Å². The van der Waals surface area contributed by atoms with E-state index in [0.29, 0.717) is 18.8 Å². The van der Waals surface area contributed by atoms with Crippen LogP contribution < -0.4 is 5.32 Å². The van der Waals surface area contributed by atoms with Gasteiger partial charge in [0.25, 0.3) is 5.91 Å². The molecule has 3 heterocycles. The van der Waals surface area contributed by atoms with Crippen LogP contribution in [-0.4, -0.2) is 26.6 Å². The van der Waals surface area contributed by atoms with Crippen LogP contribution in [-0.2, 0) is 13.1 Å². The predicted molar refractivity (Wildman–Crippen MR) is 122 cm³/mol. The third-order valence-corrected chi connectivity index (χ3v) is 6.18. The van der Waals surface area contributed by atoms with Crippen LogP contribution in [0.15, 0.2) is 78.4 Å². The number of carbonyl (C=O) groups is 1. The van der Waals surface area contributed by atoms with Gasteiger partial charge in [0.05, 0.1) is 27.6 Å². The van der Waals surface area contributed by atoms with Crippen LogP contribution in [0.3, 0.4) is 0 Å². The highest BCUT2D eigenvalue weighted by atomic mass is 32.1. The number of imidazole rings is 1. The monoisotopic (exact) mass is 414 g/mol. The number of nitrogens with zero attached hydrogens (tertiary/aromatic N) is 3. The van der Waals surface area contributed by atoms with Crippen LogP contribution in [0, 0.1) is 0 Å². The maximum Gasteiger partial charge on any atom is 0.267 e. The van der Waals surface area contributed by atoms with Crippen molar-refractivity contribution in [1.29, 1.82) is 0 Å². The van der Waals surface area contributed by atoms with Crippen LogP contribution in [0.25, 0.3) is 21.3 Å². The fourth-order valence-electron chi connectivity index (χ4n) is 3.83. The van der Waals surface area contributed by atoms with E-state index in [1.165, 1.54) is 5.56 Å². The summed E-state index contributed by atoms with van der Waals surface area (Å²) in [5.74, 6) is -0.0233. The summed E-state index contributed by atoms with van der Waals surface area (Å²) < 4.78 is 5.39. The molecule has 0 aliphatic carbocycles. The van der Waals surface area contributed by atoms with Crippen LogP contribution >= 0.6 is 11.3 Å². The summed E-state index contributed by atoms with van der Waals surface area (Å²) in [6.07, 6.45) is 2.71. The zero-order valence-corrected chi connectivity index (χ0v) is 17.3. The lowest BCUT2D eigenvalue weighted by Crippen LogP contribution is -2.27. The highest BCUT2D eigenvalue weighted by Gasteiger charge is 2.16. The Bertz CT molecular complexity index is 1300. The molecule has 0 fully saturated rings. The van der Waals surface area contributed by atoms with E-state index in [9.17, 15) is 4.79 Å². The molecule has 0 radical (unpaired) electrons. The van der Waals surface area contributed by atoms with Gasteiger partial charge in [-0.1, -0.05) is 42.5 Å². The minimum absolute atomic E-state index is 0.0233. The van der Waals surface area contributed by atoms with Gasteiger partial charge < -0.3 is 14.5 Å². The first-order valence-electron chi connectivity index (χ1n) is 10.1.